The predicted octanol–water partition coefficient (Wildman–Crippen LogP) is 1.84. The fraction of sp³-hybridized carbons (Fsp3) is 0.500. The lowest BCUT2D eigenvalue weighted by Gasteiger charge is -2.12. The van der Waals surface area contributed by atoms with Gasteiger partial charge in [-0.2, -0.15) is 13.2 Å². The Labute approximate surface area is 90.6 Å². The van der Waals surface area contributed by atoms with Crippen LogP contribution in [0.1, 0.15) is 12.1 Å². The highest BCUT2D eigenvalue weighted by atomic mass is 19.4. The molecule has 0 radical (unpaired) electrons. The molecule has 1 saturated heterocycles. The van der Waals surface area contributed by atoms with Crippen molar-refractivity contribution in [2.75, 3.05) is 13.1 Å². The third-order valence-corrected chi connectivity index (χ3v) is 2.34. The van der Waals surface area contributed by atoms with Crippen LogP contribution < -0.4 is 10.1 Å². The number of hydrogen-bond acceptors (Lipinski definition) is 3. The SMILES string of the molecule is FC(F)(F)c1ccc(O[C@@H]2CCNC2)cn1. The lowest BCUT2D eigenvalue weighted by Crippen LogP contribution is -2.19. The first-order valence-corrected chi connectivity index (χ1v) is 4.96. The maximum Gasteiger partial charge on any atom is 0.433 e. The molecule has 1 aliphatic rings. The summed E-state index contributed by atoms with van der Waals surface area (Å²) in [6.07, 6.45) is -2.39. The van der Waals surface area contributed by atoms with E-state index in [2.05, 4.69) is 10.3 Å². The van der Waals surface area contributed by atoms with Crippen molar-refractivity contribution in [2.24, 2.45) is 0 Å². The minimum atomic E-state index is -4.40. The number of pyridine rings is 1. The fourth-order valence-electron chi connectivity index (χ4n) is 1.54. The number of nitrogens with zero attached hydrogens (tertiary/aromatic N) is 1. The number of halogens is 3. The normalized spacial score (nSPS) is 21.1. The first-order valence-electron chi connectivity index (χ1n) is 4.96. The van der Waals surface area contributed by atoms with Crippen molar-refractivity contribution >= 4 is 0 Å². The average Bonchev–Trinajstić information content (AvgIpc) is 2.70. The molecule has 0 unspecified atom stereocenters. The van der Waals surface area contributed by atoms with E-state index in [-0.39, 0.29) is 6.10 Å². The van der Waals surface area contributed by atoms with Gasteiger partial charge in [0.2, 0.25) is 0 Å². The first-order chi connectivity index (χ1) is 7.55. The molecule has 0 saturated carbocycles. The summed E-state index contributed by atoms with van der Waals surface area (Å²) in [5, 5.41) is 3.10. The molecule has 0 aromatic carbocycles. The van der Waals surface area contributed by atoms with Gasteiger partial charge in [-0.1, -0.05) is 0 Å². The van der Waals surface area contributed by atoms with Crippen LogP contribution in [0.5, 0.6) is 5.75 Å². The van der Waals surface area contributed by atoms with Gasteiger partial charge in [-0.3, -0.25) is 0 Å². The highest BCUT2D eigenvalue weighted by Crippen LogP contribution is 2.28. The molecule has 0 spiro atoms. The molecule has 2 rings (SSSR count). The van der Waals surface area contributed by atoms with E-state index in [0.717, 1.165) is 31.8 Å². The van der Waals surface area contributed by atoms with Crippen LogP contribution >= 0.6 is 0 Å². The summed E-state index contributed by atoms with van der Waals surface area (Å²) < 4.78 is 42.1. The molecule has 1 fully saturated rings. The Morgan fingerprint density at radius 2 is 2.19 bits per heavy atom. The summed E-state index contributed by atoms with van der Waals surface area (Å²) in [7, 11) is 0. The largest absolute Gasteiger partial charge is 0.487 e. The standard InChI is InChI=1S/C10H11F3N2O/c11-10(12,13)9-2-1-7(6-15-9)16-8-3-4-14-5-8/h1-2,6,8,14H,3-5H2/t8-/m1/s1. The van der Waals surface area contributed by atoms with Crippen LogP contribution in [0.2, 0.25) is 0 Å². The quantitative estimate of drug-likeness (QED) is 0.844. The fourth-order valence-corrected chi connectivity index (χ4v) is 1.54. The lowest BCUT2D eigenvalue weighted by molar-refractivity contribution is -0.141. The van der Waals surface area contributed by atoms with Crippen LogP contribution in [0.25, 0.3) is 0 Å². The van der Waals surface area contributed by atoms with E-state index in [1.165, 1.54) is 6.07 Å². The van der Waals surface area contributed by atoms with Gasteiger partial charge in [0.05, 0.1) is 6.20 Å². The average molecular weight is 232 g/mol. The predicted molar refractivity (Wildman–Crippen MR) is 51.1 cm³/mol. The molecule has 16 heavy (non-hydrogen) atoms. The second kappa shape index (κ2) is 4.29. The van der Waals surface area contributed by atoms with Gasteiger partial charge in [0.25, 0.3) is 0 Å². The van der Waals surface area contributed by atoms with Gasteiger partial charge >= 0.3 is 6.18 Å². The Balaban J connectivity index is 2.01. The summed E-state index contributed by atoms with van der Waals surface area (Å²) in [5.74, 6) is 0.377. The van der Waals surface area contributed by atoms with Crippen LogP contribution in [0, 0.1) is 0 Å². The van der Waals surface area contributed by atoms with Crippen molar-refractivity contribution in [1.82, 2.24) is 10.3 Å². The van der Waals surface area contributed by atoms with Crippen LogP contribution in [-0.4, -0.2) is 24.2 Å². The van der Waals surface area contributed by atoms with Gasteiger partial charge < -0.3 is 10.1 Å². The smallest absolute Gasteiger partial charge is 0.433 e. The summed E-state index contributed by atoms with van der Waals surface area (Å²) >= 11 is 0. The number of alkyl halides is 3. The van der Waals surface area contributed by atoms with E-state index in [9.17, 15) is 13.2 Å². The van der Waals surface area contributed by atoms with Gasteiger partial charge in [0.15, 0.2) is 0 Å². The zero-order valence-electron chi connectivity index (χ0n) is 8.42. The highest BCUT2D eigenvalue weighted by Gasteiger charge is 2.32. The van der Waals surface area contributed by atoms with Gasteiger partial charge in [-0.15, -0.1) is 0 Å². The van der Waals surface area contributed by atoms with E-state index in [0.29, 0.717) is 5.75 Å². The van der Waals surface area contributed by atoms with Crippen molar-refractivity contribution in [3.63, 3.8) is 0 Å². The maximum atomic E-state index is 12.2. The minimum Gasteiger partial charge on any atom is -0.487 e. The van der Waals surface area contributed by atoms with E-state index < -0.39 is 11.9 Å². The molecule has 0 aliphatic carbocycles. The maximum absolute atomic E-state index is 12.2. The molecule has 1 aliphatic heterocycles. The topological polar surface area (TPSA) is 34.1 Å². The molecule has 0 amide bonds. The van der Waals surface area contributed by atoms with E-state index in [1.54, 1.807) is 0 Å². The van der Waals surface area contributed by atoms with Crippen molar-refractivity contribution in [2.45, 2.75) is 18.7 Å². The highest BCUT2D eigenvalue weighted by molar-refractivity contribution is 5.21. The molecular formula is C10H11F3N2O. The molecule has 1 aromatic heterocycles. The van der Waals surface area contributed by atoms with Crippen LogP contribution in [0.3, 0.4) is 0 Å². The molecule has 88 valence electrons. The third kappa shape index (κ3) is 2.63. The van der Waals surface area contributed by atoms with Gasteiger partial charge in [0, 0.05) is 6.54 Å². The number of ether oxygens (including phenoxy) is 1. The number of nitrogens with one attached hydrogen (secondary N) is 1. The second-order valence-electron chi connectivity index (χ2n) is 3.61. The van der Waals surface area contributed by atoms with Gasteiger partial charge in [-0.25, -0.2) is 4.98 Å². The molecule has 0 bridgehead atoms. The number of hydrogen-bond donors (Lipinski definition) is 1. The van der Waals surface area contributed by atoms with Gasteiger partial charge in [0.1, 0.15) is 17.5 Å². The Bertz CT molecular complexity index is 344. The van der Waals surface area contributed by atoms with Gasteiger partial charge in [-0.05, 0) is 25.1 Å². The lowest BCUT2D eigenvalue weighted by atomic mass is 10.3. The Morgan fingerprint density at radius 3 is 2.69 bits per heavy atom. The van der Waals surface area contributed by atoms with E-state index in [4.69, 9.17) is 4.74 Å². The minimum absolute atomic E-state index is 0.0264. The van der Waals surface area contributed by atoms with E-state index >= 15 is 0 Å². The van der Waals surface area contributed by atoms with Crippen molar-refractivity contribution < 1.29 is 17.9 Å². The molecular weight excluding hydrogens is 221 g/mol. The zero-order chi connectivity index (χ0) is 11.6. The van der Waals surface area contributed by atoms with Crippen molar-refractivity contribution in [3.05, 3.63) is 24.0 Å². The Hall–Kier alpha value is -1.30. The van der Waals surface area contributed by atoms with Crippen LogP contribution in [0.15, 0.2) is 18.3 Å². The summed E-state index contributed by atoms with van der Waals surface area (Å²) in [6, 6.07) is 2.23. The summed E-state index contributed by atoms with van der Waals surface area (Å²) in [4.78, 5) is 3.32. The Morgan fingerprint density at radius 1 is 1.38 bits per heavy atom. The summed E-state index contributed by atoms with van der Waals surface area (Å²) in [5.41, 5.74) is -0.899. The van der Waals surface area contributed by atoms with Crippen LogP contribution in [0.4, 0.5) is 13.2 Å². The first kappa shape index (κ1) is 11.2. The zero-order valence-corrected chi connectivity index (χ0v) is 8.42. The monoisotopic (exact) mass is 232 g/mol. The number of rotatable bonds is 2. The molecule has 1 aromatic rings. The molecule has 3 nitrogen and oxygen atoms in total. The third-order valence-electron chi connectivity index (χ3n) is 2.34. The van der Waals surface area contributed by atoms with Crippen molar-refractivity contribution in [3.8, 4) is 5.75 Å². The molecule has 1 atom stereocenters. The summed E-state index contributed by atoms with van der Waals surface area (Å²) in [6.45, 7) is 1.60. The van der Waals surface area contributed by atoms with Crippen LogP contribution in [-0.2, 0) is 6.18 Å². The van der Waals surface area contributed by atoms with Crippen molar-refractivity contribution in [1.29, 1.82) is 0 Å². The number of aromatic nitrogens is 1. The molecule has 6 heteroatoms. The second-order valence-corrected chi connectivity index (χ2v) is 3.61. The van der Waals surface area contributed by atoms with E-state index in [1.807, 2.05) is 0 Å². The molecule has 2 heterocycles. The molecule has 1 N–H and O–H groups in total. The Kier molecular flexibility index (Phi) is 3.00.